The highest BCUT2D eigenvalue weighted by molar-refractivity contribution is 5.89. The van der Waals surface area contributed by atoms with E-state index in [0.717, 1.165) is 24.3 Å². The number of nitrogens with zero attached hydrogens (tertiary/aromatic N) is 1. The minimum absolute atomic E-state index is 0.0523. The van der Waals surface area contributed by atoms with E-state index in [1.54, 1.807) is 32.4 Å². The molecule has 2 amide bonds. The van der Waals surface area contributed by atoms with Crippen molar-refractivity contribution in [3.8, 4) is 17.2 Å². The molecule has 0 bridgehead atoms. The predicted molar refractivity (Wildman–Crippen MR) is 109 cm³/mol. The molecule has 150 valence electrons. The average Bonchev–Trinajstić information content (AvgIpc) is 3.15. The maximum atomic E-state index is 12.4. The third-order valence-corrected chi connectivity index (χ3v) is 4.79. The van der Waals surface area contributed by atoms with Crippen molar-refractivity contribution in [3.63, 3.8) is 0 Å². The fourth-order valence-corrected chi connectivity index (χ4v) is 3.26. The Labute approximate surface area is 165 Å². The van der Waals surface area contributed by atoms with Crippen molar-refractivity contribution in [3.05, 3.63) is 47.5 Å². The van der Waals surface area contributed by atoms with E-state index in [1.165, 1.54) is 5.56 Å². The van der Waals surface area contributed by atoms with E-state index in [2.05, 4.69) is 27.7 Å². The molecule has 1 unspecified atom stereocenters. The molecule has 2 aromatic carbocycles. The Hall–Kier alpha value is -2.93. The number of carbonyl (C=O) groups is 1. The van der Waals surface area contributed by atoms with Crippen LogP contribution < -0.4 is 24.8 Å². The number of benzene rings is 2. The van der Waals surface area contributed by atoms with Crippen LogP contribution in [0.3, 0.4) is 0 Å². The summed E-state index contributed by atoms with van der Waals surface area (Å²) in [6.07, 6.45) is 0.926. The molecule has 1 atom stereocenters. The lowest BCUT2D eigenvalue weighted by Gasteiger charge is -2.25. The van der Waals surface area contributed by atoms with Gasteiger partial charge in [0.25, 0.3) is 0 Å². The second-order valence-corrected chi connectivity index (χ2v) is 6.88. The largest absolute Gasteiger partial charge is 0.497 e. The highest BCUT2D eigenvalue weighted by Crippen LogP contribution is 2.29. The van der Waals surface area contributed by atoms with Crippen molar-refractivity contribution in [2.75, 3.05) is 46.8 Å². The second-order valence-electron chi connectivity index (χ2n) is 6.88. The second kappa shape index (κ2) is 8.84. The zero-order valence-electron chi connectivity index (χ0n) is 16.7. The zero-order valence-corrected chi connectivity index (χ0v) is 16.7. The standard InChI is InChI=1S/C21H27N3O4/c1-24(2)19(14-5-6-20-15(9-14)7-8-28-20)13-22-21(25)23-16-10-17(26-3)12-18(11-16)27-4/h5-6,9-12,19H,7-8,13H2,1-4H3,(H2,22,23,25). The van der Waals surface area contributed by atoms with E-state index in [9.17, 15) is 4.79 Å². The summed E-state index contributed by atoms with van der Waals surface area (Å²) in [4.78, 5) is 14.5. The van der Waals surface area contributed by atoms with Gasteiger partial charge in [-0.3, -0.25) is 0 Å². The molecule has 0 radical (unpaired) electrons. The van der Waals surface area contributed by atoms with E-state index in [-0.39, 0.29) is 12.1 Å². The molecule has 1 heterocycles. The highest BCUT2D eigenvalue weighted by atomic mass is 16.5. The third-order valence-electron chi connectivity index (χ3n) is 4.79. The van der Waals surface area contributed by atoms with Gasteiger partial charge in [0.15, 0.2) is 0 Å². The summed E-state index contributed by atoms with van der Waals surface area (Å²) >= 11 is 0. The topological polar surface area (TPSA) is 72.1 Å². The Morgan fingerprint density at radius 3 is 2.50 bits per heavy atom. The van der Waals surface area contributed by atoms with Crippen LogP contribution >= 0.6 is 0 Å². The summed E-state index contributed by atoms with van der Waals surface area (Å²) < 4.78 is 16.1. The number of ether oxygens (including phenoxy) is 3. The molecule has 0 aliphatic carbocycles. The number of hydrogen-bond acceptors (Lipinski definition) is 5. The SMILES string of the molecule is COc1cc(NC(=O)NCC(c2ccc3c(c2)CCO3)N(C)C)cc(OC)c1. The van der Waals surface area contributed by atoms with E-state index >= 15 is 0 Å². The lowest BCUT2D eigenvalue weighted by Crippen LogP contribution is -2.36. The van der Waals surface area contributed by atoms with Gasteiger partial charge in [-0.1, -0.05) is 12.1 Å². The maximum absolute atomic E-state index is 12.4. The predicted octanol–water partition coefficient (Wildman–Crippen LogP) is 3.06. The Kier molecular flexibility index (Phi) is 6.26. The van der Waals surface area contributed by atoms with Crippen molar-refractivity contribution in [2.24, 2.45) is 0 Å². The summed E-state index contributed by atoms with van der Waals surface area (Å²) in [5, 5.41) is 5.78. The van der Waals surface area contributed by atoms with E-state index < -0.39 is 0 Å². The third kappa shape index (κ3) is 4.67. The lowest BCUT2D eigenvalue weighted by atomic mass is 10.0. The van der Waals surface area contributed by atoms with Crippen molar-refractivity contribution in [1.29, 1.82) is 0 Å². The van der Waals surface area contributed by atoms with Crippen molar-refractivity contribution >= 4 is 11.7 Å². The molecule has 7 heteroatoms. The first-order chi connectivity index (χ1) is 13.5. The van der Waals surface area contributed by atoms with Gasteiger partial charge in [0, 0.05) is 36.9 Å². The van der Waals surface area contributed by atoms with Crippen LogP contribution in [0.2, 0.25) is 0 Å². The number of amides is 2. The summed E-state index contributed by atoms with van der Waals surface area (Å²) in [7, 11) is 7.14. The fourth-order valence-electron chi connectivity index (χ4n) is 3.26. The number of likely N-dealkylation sites (N-methyl/N-ethyl adjacent to an activating group) is 1. The van der Waals surface area contributed by atoms with Gasteiger partial charge in [0.1, 0.15) is 17.2 Å². The van der Waals surface area contributed by atoms with Gasteiger partial charge in [-0.2, -0.15) is 0 Å². The van der Waals surface area contributed by atoms with Crippen LogP contribution in [0.5, 0.6) is 17.2 Å². The molecule has 2 aromatic rings. The van der Waals surface area contributed by atoms with Gasteiger partial charge in [0.2, 0.25) is 0 Å². The van der Waals surface area contributed by atoms with E-state index in [0.29, 0.717) is 23.7 Å². The van der Waals surface area contributed by atoms with Gasteiger partial charge < -0.3 is 29.7 Å². The molecule has 7 nitrogen and oxygen atoms in total. The van der Waals surface area contributed by atoms with Gasteiger partial charge in [-0.25, -0.2) is 4.79 Å². The van der Waals surface area contributed by atoms with Gasteiger partial charge in [-0.05, 0) is 31.3 Å². The molecule has 0 fully saturated rings. The molecular formula is C21H27N3O4. The highest BCUT2D eigenvalue weighted by Gasteiger charge is 2.19. The molecule has 1 aliphatic heterocycles. The number of rotatable bonds is 7. The normalized spacial score (nSPS) is 13.5. The van der Waals surface area contributed by atoms with E-state index in [1.807, 2.05) is 20.2 Å². The van der Waals surface area contributed by atoms with E-state index in [4.69, 9.17) is 14.2 Å². The molecular weight excluding hydrogens is 358 g/mol. The molecule has 0 spiro atoms. The minimum Gasteiger partial charge on any atom is -0.497 e. The number of anilines is 1. The Bertz CT molecular complexity index is 816. The summed E-state index contributed by atoms with van der Waals surface area (Å²) in [5.74, 6) is 2.18. The Morgan fingerprint density at radius 1 is 1.14 bits per heavy atom. The van der Waals surface area contributed by atoms with Gasteiger partial charge in [0.05, 0.1) is 26.9 Å². The number of fused-ring (bicyclic) bond motifs is 1. The zero-order chi connectivity index (χ0) is 20.1. The molecule has 0 saturated heterocycles. The van der Waals surface area contributed by atoms with Crippen molar-refractivity contribution in [1.82, 2.24) is 10.2 Å². The summed E-state index contributed by atoms with van der Waals surface area (Å²) in [6.45, 7) is 1.20. The minimum atomic E-state index is -0.286. The quantitative estimate of drug-likeness (QED) is 0.766. The molecule has 0 saturated carbocycles. The molecule has 3 rings (SSSR count). The van der Waals surface area contributed by atoms with Crippen LogP contribution in [0.1, 0.15) is 17.2 Å². The molecule has 0 aromatic heterocycles. The number of urea groups is 1. The Morgan fingerprint density at radius 2 is 1.86 bits per heavy atom. The maximum Gasteiger partial charge on any atom is 0.319 e. The van der Waals surface area contributed by atoms with Crippen molar-refractivity contribution in [2.45, 2.75) is 12.5 Å². The number of nitrogens with one attached hydrogen (secondary N) is 2. The van der Waals surface area contributed by atoms with Crippen LogP contribution in [0.15, 0.2) is 36.4 Å². The monoisotopic (exact) mass is 385 g/mol. The first-order valence-electron chi connectivity index (χ1n) is 9.20. The number of methoxy groups -OCH3 is 2. The molecule has 1 aliphatic rings. The fraction of sp³-hybridized carbons (Fsp3) is 0.381. The molecule has 28 heavy (non-hydrogen) atoms. The number of hydrogen-bond donors (Lipinski definition) is 2. The van der Waals surface area contributed by atoms with Crippen LogP contribution in [-0.4, -0.2) is 52.4 Å². The smallest absolute Gasteiger partial charge is 0.319 e. The average molecular weight is 385 g/mol. The lowest BCUT2D eigenvalue weighted by molar-refractivity contribution is 0.243. The summed E-state index contributed by atoms with van der Waals surface area (Å²) in [6, 6.07) is 11.2. The van der Waals surface area contributed by atoms with Crippen LogP contribution in [0.4, 0.5) is 10.5 Å². The summed E-state index contributed by atoms with van der Waals surface area (Å²) in [5.41, 5.74) is 2.97. The first-order valence-corrected chi connectivity index (χ1v) is 9.20. The van der Waals surface area contributed by atoms with Crippen LogP contribution in [0.25, 0.3) is 0 Å². The van der Waals surface area contributed by atoms with Crippen LogP contribution in [-0.2, 0) is 6.42 Å². The molecule has 2 N–H and O–H groups in total. The van der Waals surface area contributed by atoms with Crippen molar-refractivity contribution < 1.29 is 19.0 Å². The van der Waals surface area contributed by atoms with Gasteiger partial charge in [-0.15, -0.1) is 0 Å². The van der Waals surface area contributed by atoms with Crippen LogP contribution in [0, 0.1) is 0 Å². The number of carbonyl (C=O) groups excluding carboxylic acids is 1. The van der Waals surface area contributed by atoms with Gasteiger partial charge >= 0.3 is 6.03 Å². The Balaban J connectivity index is 1.65. The first kappa shape index (κ1) is 19.8.